The molecule has 2 fully saturated rings. The predicted molar refractivity (Wildman–Crippen MR) is 74.1 cm³/mol. The van der Waals surface area contributed by atoms with E-state index in [2.05, 4.69) is 31.0 Å². The minimum Gasteiger partial charge on any atom is -0.326 e. The van der Waals surface area contributed by atoms with E-state index in [1.807, 2.05) is 0 Å². The molecule has 104 valence electrons. The molecule has 1 saturated heterocycles. The molecule has 1 amide bonds. The Kier molecular flexibility index (Phi) is 4.66. The minimum absolute atomic E-state index is 0.0750. The summed E-state index contributed by atoms with van der Waals surface area (Å²) >= 11 is 0. The van der Waals surface area contributed by atoms with Crippen LogP contribution >= 0.6 is 0 Å². The van der Waals surface area contributed by atoms with E-state index < -0.39 is 0 Å². The first-order chi connectivity index (χ1) is 8.61. The third-order valence-electron chi connectivity index (χ3n) is 4.57. The highest BCUT2D eigenvalue weighted by atomic mass is 16.2. The first kappa shape index (κ1) is 13.9. The molecule has 0 aromatic heterocycles. The number of nitrogens with zero attached hydrogens (tertiary/aromatic N) is 1. The summed E-state index contributed by atoms with van der Waals surface area (Å²) in [5.41, 5.74) is 0. The van der Waals surface area contributed by atoms with Crippen LogP contribution in [0.2, 0.25) is 0 Å². The average Bonchev–Trinajstić information content (AvgIpc) is 2.58. The van der Waals surface area contributed by atoms with Crippen molar-refractivity contribution >= 4 is 5.91 Å². The van der Waals surface area contributed by atoms with Gasteiger partial charge in [-0.1, -0.05) is 33.1 Å². The van der Waals surface area contributed by atoms with E-state index in [-0.39, 0.29) is 12.2 Å². The number of carbonyl (C=O) groups excluding carboxylic acids is 1. The Hall–Kier alpha value is -0.570. The fourth-order valence-electron chi connectivity index (χ4n) is 3.59. The molecule has 3 nitrogen and oxygen atoms in total. The molecule has 2 rings (SSSR count). The Labute approximate surface area is 111 Å². The third kappa shape index (κ3) is 3.05. The quantitative estimate of drug-likeness (QED) is 0.834. The lowest BCUT2D eigenvalue weighted by atomic mass is 9.82. The van der Waals surface area contributed by atoms with E-state index in [1.54, 1.807) is 0 Å². The zero-order valence-electron chi connectivity index (χ0n) is 12.1. The summed E-state index contributed by atoms with van der Waals surface area (Å²) in [7, 11) is 0. The van der Waals surface area contributed by atoms with Gasteiger partial charge < -0.3 is 4.90 Å². The van der Waals surface area contributed by atoms with Crippen molar-refractivity contribution in [1.29, 1.82) is 0 Å². The van der Waals surface area contributed by atoms with Crippen molar-refractivity contribution in [1.82, 2.24) is 10.2 Å². The molecule has 4 atom stereocenters. The van der Waals surface area contributed by atoms with Crippen LogP contribution in [0.3, 0.4) is 0 Å². The number of hydrogen-bond donors (Lipinski definition) is 1. The van der Waals surface area contributed by atoms with Crippen molar-refractivity contribution in [3.8, 4) is 0 Å². The van der Waals surface area contributed by atoms with Gasteiger partial charge >= 0.3 is 0 Å². The Morgan fingerprint density at radius 1 is 1.33 bits per heavy atom. The lowest BCUT2D eigenvalue weighted by Gasteiger charge is -2.31. The monoisotopic (exact) mass is 252 g/mol. The van der Waals surface area contributed by atoms with Gasteiger partial charge in [0.05, 0.1) is 12.2 Å². The van der Waals surface area contributed by atoms with Crippen LogP contribution in [0.15, 0.2) is 0 Å². The van der Waals surface area contributed by atoms with Gasteiger partial charge in [-0.2, -0.15) is 0 Å². The van der Waals surface area contributed by atoms with E-state index in [9.17, 15) is 4.79 Å². The van der Waals surface area contributed by atoms with E-state index in [4.69, 9.17) is 0 Å². The summed E-state index contributed by atoms with van der Waals surface area (Å²) in [6.45, 7) is 7.59. The minimum atomic E-state index is 0.0750. The fourth-order valence-corrected chi connectivity index (χ4v) is 3.59. The van der Waals surface area contributed by atoms with Gasteiger partial charge in [-0.15, -0.1) is 0 Å². The topological polar surface area (TPSA) is 32.3 Å². The van der Waals surface area contributed by atoms with Crippen LogP contribution in [-0.4, -0.2) is 29.6 Å². The smallest absolute Gasteiger partial charge is 0.241 e. The summed E-state index contributed by atoms with van der Waals surface area (Å²) in [5.74, 6) is 1.90. The molecule has 2 aliphatic rings. The molecule has 1 saturated carbocycles. The van der Waals surface area contributed by atoms with Gasteiger partial charge in [0, 0.05) is 6.54 Å². The average molecular weight is 252 g/mol. The van der Waals surface area contributed by atoms with Gasteiger partial charge in [-0.3, -0.25) is 10.1 Å². The summed E-state index contributed by atoms with van der Waals surface area (Å²) in [6, 6.07) is 0.0750. The van der Waals surface area contributed by atoms with Crippen molar-refractivity contribution in [3.63, 3.8) is 0 Å². The maximum atomic E-state index is 12.3. The Morgan fingerprint density at radius 2 is 2.11 bits per heavy atom. The van der Waals surface area contributed by atoms with Gasteiger partial charge in [0.15, 0.2) is 0 Å². The van der Waals surface area contributed by atoms with Crippen molar-refractivity contribution in [2.24, 2.45) is 11.8 Å². The highest BCUT2D eigenvalue weighted by Crippen LogP contribution is 2.30. The molecule has 0 spiro atoms. The standard InChI is InChI=1S/C15H28N2O/c1-4-6-14-15(18)17(12(3)16-14)10-13-8-5-7-11(2)9-13/h11-14,16H,4-10H2,1-3H3. The maximum Gasteiger partial charge on any atom is 0.241 e. The van der Waals surface area contributed by atoms with E-state index in [1.165, 1.54) is 25.7 Å². The number of rotatable bonds is 4. The molecule has 4 unspecified atom stereocenters. The molecule has 3 heteroatoms. The normalized spacial score (nSPS) is 37.3. The van der Waals surface area contributed by atoms with E-state index in [0.717, 1.165) is 31.2 Å². The van der Waals surface area contributed by atoms with E-state index in [0.29, 0.717) is 5.91 Å². The fraction of sp³-hybridized carbons (Fsp3) is 0.933. The number of amides is 1. The molecule has 1 heterocycles. The van der Waals surface area contributed by atoms with Gasteiger partial charge in [-0.25, -0.2) is 0 Å². The molecular weight excluding hydrogens is 224 g/mol. The van der Waals surface area contributed by atoms with Crippen LogP contribution in [0.25, 0.3) is 0 Å². The lowest BCUT2D eigenvalue weighted by molar-refractivity contribution is -0.130. The second-order valence-corrected chi connectivity index (χ2v) is 6.31. The second kappa shape index (κ2) is 6.05. The highest BCUT2D eigenvalue weighted by Gasteiger charge is 2.37. The van der Waals surface area contributed by atoms with Gasteiger partial charge in [0.1, 0.15) is 0 Å². The van der Waals surface area contributed by atoms with E-state index >= 15 is 0 Å². The summed E-state index contributed by atoms with van der Waals surface area (Å²) in [4.78, 5) is 14.4. The summed E-state index contributed by atoms with van der Waals surface area (Å²) in [6.07, 6.45) is 7.59. The molecule has 1 aliphatic carbocycles. The first-order valence-corrected chi connectivity index (χ1v) is 7.68. The largest absolute Gasteiger partial charge is 0.326 e. The van der Waals surface area contributed by atoms with Crippen LogP contribution in [-0.2, 0) is 4.79 Å². The molecule has 0 aromatic rings. The molecular formula is C15H28N2O. The highest BCUT2D eigenvalue weighted by molar-refractivity contribution is 5.84. The van der Waals surface area contributed by atoms with Crippen LogP contribution in [0.4, 0.5) is 0 Å². The first-order valence-electron chi connectivity index (χ1n) is 7.68. The third-order valence-corrected chi connectivity index (χ3v) is 4.57. The molecule has 0 aromatic carbocycles. The molecule has 1 aliphatic heterocycles. The predicted octanol–water partition coefficient (Wildman–Crippen LogP) is 2.76. The van der Waals surface area contributed by atoms with Crippen LogP contribution in [0, 0.1) is 11.8 Å². The van der Waals surface area contributed by atoms with Crippen molar-refractivity contribution in [2.75, 3.05) is 6.54 Å². The van der Waals surface area contributed by atoms with Gasteiger partial charge in [-0.05, 0) is 38.0 Å². The SMILES string of the molecule is CCCC1NC(C)N(CC2CCCC(C)C2)C1=O. The number of carbonyl (C=O) groups is 1. The van der Waals surface area contributed by atoms with Crippen LogP contribution in [0.1, 0.15) is 59.3 Å². The zero-order chi connectivity index (χ0) is 13.1. The Morgan fingerprint density at radius 3 is 2.78 bits per heavy atom. The maximum absolute atomic E-state index is 12.3. The van der Waals surface area contributed by atoms with Crippen molar-refractivity contribution in [3.05, 3.63) is 0 Å². The zero-order valence-corrected chi connectivity index (χ0v) is 12.1. The van der Waals surface area contributed by atoms with Crippen molar-refractivity contribution in [2.45, 2.75) is 71.5 Å². The second-order valence-electron chi connectivity index (χ2n) is 6.31. The molecule has 18 heavy (non-hydrogen) atoms. The Bertz CT molecular complexity index is 292. The molecule has 0 radical (unpaired) electrons. The van der Waals surface area contributed by atoms with Gasteiger partial charge in [0.25, 0.3) is 0 Å². The van der Waals surface area contributed by atoms with Crippen molar-refractivity contribution < 1.29 is 4.79 Å². The van der Waals surface area contributed by atoms with Gasteiger partial charge in [0.2, 0.25) is 5.91 Å². The summed E-state index contributed by atoms with van der Waals surface area (Å²) < 4.78 is 0. The Balaban J connectivity index is 1.90. The molecule has 0 bridgehead atoms. The lowest BCUT2D eigenvalue weighted by Crippen LogP contribution is -2.39. The van der Waals surface area contributed by atoms with Crippen LogP contribution in [0.5, 0.6) is 0 Å². The summed E-state index contributed by atoms with van der Waals surface area (Å²) in [5, 5.41) is 3.43. The number of hydrogen-bond acceptors (Lipinski definition) is 2. The number of nitrogens with one attached hydrogen (secondary N) is 1. The van der Waals surface area contributed by atoms with Crippen LogP contribution < -0.4 is 5.32 Å². The molecule has 1 N–H and O–H groups in total.